The maximum Gasteiger partial charge on any atom is 0.136 e. The highest BCUT2D eigenvalue weighted by molar-refractivity contribution is 6.06. The van der Waals surface area contributed by atoms with Crippen molar-refractivity contribution >= 4 is 21.9 Å². The Morgan fingerprint density at radius 3 is 1.13 bits per heavy atom. The molecular weight excluding hydrogens is 905 g/mol. The van der Waals surface area contributed by atoms with Gasteiger partial charge in [0.15, 0.2) is 0 Å². The van der Waals surface area contributed by atoms with Gasteiger partial charge in [0.25, 0.3) is 0 Å². The van der Waals surface area contributed by atoms with E-state index in [9.17, 15) is 0 Å². The third-order valence-corrected chi connectivity index (χ3v) is 16.3. The van der Waals surface area contributed by atoms with Gasteiger partial charge in [-0.15, -0.1) is 0 Å². The largest absolute Gasteiger partial charge is 0.456 e. The van der Waals surface area contributed by atoms with Crippen LogP contribution in [0.4, 0.5) is 0 Å². The first-order valence-electron chi connectivity index (χ1n) is 26.1. The monoisotopic (exact) mass is 952 g/mol. The molecule has 13 aromatic rings. The summed E-state index contributed by atoms with van der Waals surface area (Å²) in [5.41, 5.74) is 27.5. The van der Waals surface area contributed by atoms with Crippen LogP contribution in [0.25, 0.3) is 99.8 Å². The molecule has 0 radical (unpaired) electrons. The fraction of sp³-hybridized carbons (Fsp3) is 0.0270. The molecule has 1 spiro atoms. The summed E-state index contributed by atoms with van der Waals surface area (Å²) in [6.45, 7) is 0. The Hall–Kier alpha value is -9.56. The lowest BCUT2D eigenvalue weighted by molar-refractivity contribution is 0.669. The van der Waals surface area contributed by atoms with Crippen LogP contribution in [-0.2, 0) is 5.41 Å². The molecule has 0 atom stereocenters. The first-order valence-corrected chi connectivity index (χ1v) is 26.1. The van der Waals surface area contributed by atoms with E-state index < -0.39 is 5.41 Å². The van der Waals surface area contributed by atoms with Crippen LogP contribution in [0, 0.1) is 0 Å². The maximum atomic E-state index is 6.45. The lowest BCUT2D eigenvalue weighted by atomic mass is 9.69. The summed E-state index contributed by atoms with van der Waals surface area (Å²) in [6.07, 6.45) is 0. The minimum Gasteiger partial charge on any atom is -0.456 e. The Labute approximate surface area is 437 Å². The molecule has 0 saturated carbocycles. The summed E-state index contributed by atoms with van der Waals surface area (Å²) in [4.78, 5) is 0. The fourth-order valence-corrected chi connectivity index (χ4v) is 12.7. The van der Waals surface area contributed by atoms with Crippen molar-refractivity contribution in [2.45, 2.75) is 11.3 Å². The van der Waals surface area contributed by atoms with Crippen molar-refractivity contribution in [1.29, 1.82) is 0 Å². The van der Waals surface area contributed by atoms with Crippen molar-refractivity contribution in [2.75, 3.05) is 0 Å². The van der Waals surface area contributed by atoms with Crippen LogP contribution in [0.2, 0.25) is 0 Å². The quantitative estimate of drug-likeness (QED) is 0.138. The minimum absolute atomic E-state index is 0.0435. The van der Waals surface area contributed by atoms with Crippen LogP contribution in [0.5, 0.6) is 0 Å². The van der Waals surface area contributed by atoms with Gasteiger partial charge >= 0.3 is 0 Å². The summed E-state index contributed by atoms with van der Waals surface area (Å²) >= 11 is 0. The summed E-state index contributed by atoms with van der Waals surface area (Å²) in [6, 6.07) is 106. The Morgan fingerprint density at radius 1 is 0.227 bits per heavy atom. The van der Waals surface area contributed by atoms with E-state index in [1.54, 1.807) is 0 Å². The van der Waals surface area contributed by atoms with Crippen molar-refractivity contribution in [3.8, 4) is 77.9 Å². The number of hydrogen-bond acceptors (Lipinski definition) is 1. The number of benzene rings is 12. The molecule has 0 N–H and O–H groups in total. The van der Waals surface area contributed by atoms with Crippen LogP contribution >= 0.6 is 0 Å². The normalized spacial score (nSPS) is 12.8. The van der Waals surface area contributed by atoms with Gasteiger partial charge in [-0.1, -0.05) is 261 Å². The molecule has 0 unspecified atom stereocenters. The van der Waals surface area contributed by atoms with Crippen LogP contribution in [0.1, 0.15) is 44.9 Å². The zero-order chi connectivity index (χ0) is 49.5. The smallest absolute Gasteiger partial charge is 0.136 e. The van der Waals surface area contributed by atoms with Crippen LogP contribution in [0.15, 0.2) is 290 Å². The zero-order valence-electron chi connectivity index (χ0n) is 41.1. The Balaban J connectivity index is 0.876. The van der Waals surface area contributed by atoms with Crippen molar-refractivity contribution in [2.24, 2.45) is 0 Å². The van der Waals surface area contributed by atoms with Crippen LogP contribution in [0.3, 0.4) is 0 Å². The maximum absolute atomic E-state index is 6.45. The highest BCUT2D eigenvalue weighted by atomic mass is 16.3. The van der Waals surface area contributed by atoms with Crippen LogP contribution < -0.4 is 0 Å². The predicted octanol–water partition coefficient (Wildman–Crippen LogP) is 19.4. The molecular formula is C74H48O. The van der Waals surface area contributed by atoms with E-state index in [0.29, 0.717) is 0 Å². The van der Waals surface area contributed by atoms with Crippen LogP contribution in [-0.4, -0.2) is 0 Å². The van der Waals surface area contributed by atoms with Gasteiger partial charge in [0, 0.05) is 16.7 Å². The summed E-state index contributed by atoms with van der Waals surface area (Å²) in [5, 5.41) is 2.28. The van der Waals surface area contributed by atoms with Gasteiger partial charge in [-0.05, 0) is 141 Å². The lowest BCUT2D eigenvalue weighted by Crippen LogP contribution is -2.26. The van der Waals surface area contributed by atoms with Gasteiger partial charge in [0.05, 0.1) is 5.41 Å². The Morgan fingerprint density at radius 2 is 0.587 bits per heavy atom. The van der Waals surface area contributed by atoms with E-state index in [1.807, 2.05) is 6.07 Å². The van der Waals surface area contributed by atoms with Crippen molar-refractivity contribution in [3.63, 3.8) is 0 Å². The first-order chi connectivity index (χ1) is 37.2. The summed E-state index contributed by atoms with van der Waals surface area (Å²) < 4.78 is 6.45. The number of para-hydroxylation sites is 1. The number of fused-ring (bicyclic) bond motifs is 13. The second-order valence-corrected chi connectivity index (χ2v) is 20.3. The Bertz CT molecular complexity index is 4120. The standard InChI is InChI=1S/C74H48O/c1-3-13-48(14-4-1)50-23-27-52(28-24-50)54-31-35-56(36-32-54)73(57-37-33-55(34-38-57)53-29-25-51(26-30-53)49-15-5-2-6-16-49)60-41-43-64-63-42-39-58(59-40-44-66-65-19-9-12-22-71(65)75-72(66)47-59)45-69(63)74(70(64)46-60)67-20-10-7-17-61(67)62-18-8-11-21-68(62)74/h1-47,73H. The van der Waals surface area contributed by atoms with E-state index in [1.165, 1.54) is 111 Å². The molecule has 2 aliphatic rings. The van der Waals surface area contributed by atoms with E-state index >= 15 is 0 Å². The average Bonchev–Trinajstić information content (AvgIpc) is 4.32. The Kier molecular flexibility index (Phi) is 9.93. The topological polar surface area (TPSA) is 13.1 Å². The van der Waals surface area contributed by atoms with Gasteiger partial charge in [-0.2, -0.15) is 0 Å². The van der Waals surface area contributed by atoms with Crippen molar-refractivity contribution in [1.82, 2.24) is 0 Å². The minimum atomic E-state index is -0.538. The molecule has 75 heavy (non-hydrogen) atoms. The third-order valence-electron chi connectivity index (χ3n) is 16.3. The SMILES string of the molecule is c1ccc(-c2ccc(-c3ccc(C(c4ccc(-c5ccc(-c6ccccc6)cc5)cc4)c4ccc5c(c4)C4(c6ccccc6-c6ccccc64)c4cc(-c6ccc7c(c6)oc6ccccc67)ccc4-5)cc3)cc2)cc1. The predicted molar refractivity (Wildman–Crippen MR) is 311 cm³/mol. The molecule has 1 heterocycles. The molecule has 350 valence electrons. The van der Waals surface area contributed by atoms with Crippen molar-refractivity contribution < 1.29 is 4.42 Å². The van der Waals surface area contributed by atoms with Gasteiger partial charge in [0.2, 0.25) is 0 Å². The molecule has 12 aromatic carbocycles. The summed E-state index contributed by atoms with van der Waals surface area (Å²) in [7, 11) is 0. The van der Waals surface area contributed by atoms with Gasteiger partial charge in [-0.3, -0.25) is 0 Å². The van der Waals surface area contributed by atoms with E-state index in [4.69, 9.17) is 4.42 Å². The molecule has 0 fully saturated rings. The number of hydrogen-bond donors (Lipinski definition) is 0. The van der Waals surface area contributed by atoms with E-state index in [-0.39, 0.29) is 5.92 Å². The molecule has 0 saturated heterocycles. The molecule has 1 heteroatoms. The zero-order valence-corrected chi connectivity index (χ0v) is 41.1. The molecule has 0 bridgehead atoms. The van der Waals surface area contributed by atoms with Crippen molar-refractivity contribution in [3.05, 3.63) is 324 Å². The van der Waals surface area contributed by atoms with E-state index in [0.717, 1.165) is 27.5 Å². The highest BCUT2D eigenvalue weighted by Crippen LogP contribution is 2.63. The first kappa shape index (κ1) is 43.1. The third kappa shape index (κ3) is 6.93. The highest BCUT2D eigenvalue weighted by Gasteiger charge is 2.52. The lowest BCUT2D eigenvalue weighted by Gasteiger charge is -2.31. The molecule has 15 rings (SSSR count). The second kappa shape index (κ2) is 17.3. The molecule has 0 aliphatic heterocycles. The molecule has 1 nitrogen and oxygen atoms in total. The second-order valence-electron chi connectivity index (χ2n) is 20.3. The fourth-order valence-electron chi connectivity index (χ4n) is 12.7. The average molecular weight is 953 g/mol. The number of furan rings is 1. The summed E-state index contributed by atoms with van der Waals surface area (Å²) in [5.74, 6) is -0.0435. The molecule has 2 aliphatic carbocycles. The van der Waals surface area contributed by atoms with Gasteiger partial charge in [0.1, 0.15) is 11.2 Å². The molecule has 0 amide bonds. The van der Waals surface area contributed by atoms with Gasteiger partial charge < -0.3 is 4.42 Å². The van der Waals surface area contributed by atoms with E-state index in [2.05, 4.69) is 279 Å². The van der Waals surface area contributed by atoms with Gasteiger partial charge in [-0.25, -0.2) is 0 Å². The molecule has 1 aromatic heterocycles. The number of rotatable bonds is 8.